The zero-order valence-electron chi connectivity index (χ0n) is 12.2. The Hall–Kier alpha value is -1.48. The summed E-state index contributed by atoms with van der Waals surface area (Å²) in [5.74, 6) is 0.669. The lowest BCUT2D eigenvalue weighted by Crippen LogP contribution is -2.07. The summed E-state index contributed by atoms with van der Waals surface area (Å²) in [5.41, 5.74) is 4.79. The summed E-state index contributed by atoms with van der Waals surface area (Å²) in [6, 6.07) is 10.6. The predicted octanol–water partition coefficient (Wildman–Crippen LogP) is 3.86. The Balaban J connectivity index is 1.99. The van der Waals surface area contributed by atoms with Gasteiger partial charge in [-0.2, -0.15) is 5.10 Å². The molecule has 0 aliphatic carbocycles. The summed E-state index contributed by atoms with van der Waals surface area (Å²) in [7, 11) is 0. The minimum atomic E-state index is 0.669. The smallest absolute Gasteiger partial charge is 0.0625 e. The Morgan fingerprint density at radius 1 is 1.20 bits per heavy atom. The zero-order valence-corrected chi connectivity index (χ0v) is 13.0. The number of nitrogens with zero attached hydrogens (tertiary/aromatic N) is 2. The van der Waals surface area contributed by atoms with Crippen molar-refractivity contribution in [2.24, 2.45) is 0 Å². The first kappa shape index (κ1) is 14.9. The Kier molecular flexibility index (Phi) is 5.48. The van der Waals surface area contributed by atoms with Crippen molar-refractivity contribution in [1.29, 1.82) is 0 Å². The molecule has 0 aliphatic heterocycles. The molecule has 1 aromatic heterocycles. The number of rotatable bonds is 7. The average Bonchev–Trinajstić information content (AvgIpc) is 2.89. The quantitative estimate of drug-likeness (QED) is 0.785. The van der Waals surface area contributed by atoms with Crippen molar-refractivity contribution in [1.82, 2.24) is 9.78 Å². The molecular formula is C16H22ClN3. The van der Waals surface area contributed by atoms with Gasteiger partial charge in [-0.3, -0.25) is 4.68 Å². The SMILES string of the molecule is CCc1cc(CNc2ccc(CCCl)cc2)n(CC)n1. The third-order valence-electron chi connectivity index (χ3n) is 3.39. The summed E-state index contributed by atoms with van der Waals surface area (Å²) in [6.07, 6.45) is 1.90. The molecule has 0 fully saturated rings. The van der Waals surface area contributed by atoms with E-state index in [0.29, 0.717) is 5.88 Å². The molecule has 2 aromatic rings. The monoisotopic (exact) mass is 291 g/mol. The fourth-order valence-electron chi connectivity index (χ4n) is 2.19. The molecule has 0 amide bonds. The van der Waals surface area contributed by atoms with Crippen LogP contribution in [0.2, 0.25) is 0 Å². The highest BCUT2D eigenvalue weighted by Crippen LogP contribution is 2.13. The molecule has 0 aliphatic rings. The van der Waals surface area contributed by atoms with Gasteiger partial charge >= 0.3 is 0 Å². The van der Waals surface area contributed by atoms with Gasteiger partial charge in [-0.15, -0.1) is 11.6 Å². The maximum absolute atomic E-state index is 5.74. The molecule has 2 rings (SSSR count). The van der Waals surface area contributed by atoms with Crippen molar-refractivity contribution in [3.05, 3.63) is 47.3 Å². The van der Waals surface area contributed by atoms with Gasteiger partial charge in [0.1, 0.15) is 0 Å². The molecule has 4 heteroatoms. The molecule has 20 heavy (non-hydrogen) atoms. The first-order chi connectivity index (χ1) is 9.76. The Labute approximate surface area is 126 Å². The number of hydrogen-bond acceptors (Lipinski definition) is 2. The van der Waals surface area contributed by atoms with Gasteiger partial charge in [0.2, 0.25) is 0 Å². The van der Waals surface area contributed by atoms with Crippen LogP contribution in [0, 0.1) is 0 Å². The van der Waals surface area contributed by atoms with Crippen molar-refractivity contribution in [2.45, 2.75) is 39.8 Å². The lowest BCUT2D eigenvalue weighted by atomic mass is 10.1. The van der Waals surface area contributed by atoms with Gasteiger partial charge < -0.3 is 5.32 Å². The summed E-state index contributed by atoms with van der Waals surface area (Å²) in [6.45, 7) is 5.97. The molecule has 0 spiro atoms. The summed E-state index contributed by atoms with van der Waals surface area (Å²) < 4.78 is 2.06. The molecular weight excluding hydrogens is 270 g/mol. The highest BCUT2D eigenvalue weighted by molar-refractivity contribution is 6.17. The van der Waals surface area contributed by atoms with Crippen LogP contribution in [-0.4, -0.2) is 15.7 Å². The normalized spacial score (nSPS) is 10.8. The van der Waals surface area contributed by atoms with E-state index in [9.17, 15) is 0 Å². The molecule has 1 N–H and O–H groups in total. The van der Waals surface area contributed by atoms with Crippen molar-refractivity contribution in [3.8, 4) is 0 Å². The van der Waals surface area contributed by atoms with Crippen molar-refractivity contribution < 1.29 is 0 Å². The van der Waals surface area contributed by atoms with Crippen molar-refractivity contribution >= 4 is 17.3 Å². The molecule has 108 valence electrons. The molecule has 0 bridgehead atoms. The van der Waals surface area contributed by atoms with E-state index in [1.54, 1.807) is 0 Å². The van der Waals surface area contributed by atoms with E-state index in [1.165, 1.54) is 11.3 Å². The van der Waals surface area contributed by atoms with Crippen LogP contribution in [0.3, 0.4) is 0 Å². The largest absolute Gasteiger partial charge is 0.379 e. The van der Waals surface area contributed by atoms with Crippen molar-refractivity contribution in [2.75, 3.05) is 11.2 Å². The van der Waals surface area contributed by atoms with E-state index >= 15 is 0 Å². The Morgan fingerprint density at radius 3 is 2.55 bits per heavy atom. The summed E-state index contributed by atoms with van der Waals surface area (Å²) >= 11 is 5.74. The Bertz CT molecular complexity index is 531. The van der Waals surface area contributed by atoms with Crippen LogP contribution in [0.15, 0.2) is 30.3 Å². The van der Waals surface area contributed by atoms with Crippen LogP contribution in [0.1, 0.15) is 30.8 Å². The van der Waals surface area contributed by atoms with E-state index in [4.69, 9.17) is 11.6 Å². The number of anilines is 1. The van der Waals surface area contributed by atoms with Gasteiger partial charge in [0, 0.05) is 18.1 Å². The second kappa shape index (κ2) is 7.34. The van der Waals surface area contributed by atoms with E-state index in [2.05, 4.69) is 59.3 Å². The number of aromatic nitrogens is 2. The number of hydrogen-bond donors (Lipinski definition) is 1. The van der Waals surface area contributed by atoms with Crippen LogP contribution < -0.4 is 5.32 Å². The van der Waals surface area contributed by atoms with Gasteiger partial charge in [-0.05, 0) is 43.5 Å². The maximum Gasteiger partial charge on any atom is 0.0625 e. The predicted molar refractivity (Wildman–Crippen MR) is 85.5 cm³/mol. The third-order valence-corrected chi connectivity index (χ3v) is 3.58. The maximum atomic E-state index is 5.74. The molecule has 3 nitrogen and oxygen atoms in total. The second-order valence-corrected chi connectivity index (χ2v) is 5.16. The first-order valence-corrected chi connectivity index (χ1v) is 7.74. The van der Waals surface area contributed by atoms with Crippen molar-refractivity contribution in [3.63, 3.8) is 0 Å². The number of aryl methyl sites for hydroxylation is 3. The minimum absolute atomic E-state index is 0.669. The molecule has 0 radical (unpaired) electrons. The first-order valence-electron chi connectivity index (χ1n) is 7.21. The standard InChI is InChI=1S/C16H22ClN3/c1-3-14-11-16(20(4-2)19-14)12-18-15-7-5-13(6-8-15)9-10-17/h5-8,11,18H,3-4,9-10,12H2,1-2H3. The zero-order chi connectivity index (χ0) is 14.4. The third kappa shape index (κ3) is 3.76. The van der Waals surface area contributed by atoms with Gasteiger partial charge in [-0.1, -0.05) is 19.1 Å². The van der Waals surface area contributed by atoms with E-state index in [-0.39, 0.29) is 0 Å². The van der Waals surface area contributed by atoms with E-state index in [0.717, 1.165) is 37.3 Å². The molecule has 0 saturated carbocycles. The number of benzene rings is 1. The molecule has 0 unspecified atom stereocenters. The lowest BCUT2D eigenvalue weighted by Gasteiger charge is -2.08. The van der Waals surface area contributed by atoms with Gasteiger partial charge in [0.15, 0.2) is 0 Å². The highest BCUT2D eigenvalue weighted by Gasteiger charge is 2.05. The topological polar surface area (TPSA) is 29.9 Å². The molecule has 0 saturated heterocycles. The van der Waals surface area contributed by atoms with Crippen LogP contribution in [-0.2, 0) is 25.9 Å². The van der Waals surface area contributed by atoms with E-state index < -0.39 is 0 Å². The minimum Gasteiger partial charge on any atom is -0.379 e. The Morgan fingerprint density at radius 2 is 1.95 bits per heavy atom. The second-order valence-electron chi connectivity index (χ2n) is 4.79. The lowest BCUT2D eigenvalue weighted by molar-refractivity contribution is 0.619. The van der Waals surface area contributed by atoms with Gasteiger partial charge in [0.05, 0.1) is 17.9 Å². The number of alkyl halides is 1. The van der Waals surface area contributed by atoms with Gasteiger partial charge in [-0.25, -0.2) is 0 Å². The number of nitrogens with one attached hydrogen (secondary N) is 1. The van der Waals surface area contributed by atoms with Crippen LogP contribution >= 0.6 is 11.6 Å². The van der Waals surface area contributed by atoms with Crippen LogP contribution in [0.4, 0.5) is 5.69 Å². The van der Waals surface area contributed by atoms with Crippen LogP contribution in [0.5, 0.6) is 0 Å². The highest BCUT2D eigenvalue weighted by atomic mass is 35.5. The molecule has 1 heterocycles. The molecule has 1 aromatic carbocycles. The molecule has 0 atom stereocenters. The fourth-order valence-corrected chi connectivity index (χ4v) is 2.41. The fraction of sp³-hybridized carbons (Fsp3) is 0.438. The van der Waals surface area contributed by atoms with Gasteiger partial charge in [0.25, 0.3) is 0 Å². The summed E-state index contributed by atoms with van der Waals surface area (Å²) in [4.78, 5) is 0. The number of halogens is 1. The summed E-state index contributed by atoms with van der Waals surface area (Å²) in [5, 5.41) is 8.01. The van der Waals surface area contributed by atoms with E-state index in [1.807, 2.05) is 0 Å². The average molecular weight is 292 g/mol. The van der Waals surface area contributed by atoms with Crippen LogP contribution in [0.25, 0.3) is 0 Å².